The number of carbonyl (C=O) groups is 1. The lowest BCUT2D eigenvalue weighted by molar-refractivity contribution is 0.0526. The predicted octanol–water partition coefficient (Wildman–Crippen LogP) is 3.03. The van der Waals surface area contributed by atoms with Crippen molar-refractivity contribution in [1.82, 2.24) is 0 Å². The number of carbonyl (C=O) groups excluding carboxylic acids is 1. The molecule has 17 heavy (non-hydrogen) atoms. The molecule has 4 heteroatoms. The number of nitrogens with one attached hydrogen (secondary N) is 1. The fourth-order valence-electron chi connectivity index (χ4n) is 1.42. The van der Waals surface area contributed by atoms with Crippen LogP contribution in [0.1, 0.15) is 23.7 Å². The van der Waals surface area contributed by atoms with Gasteiger partial charge in [0, 0.05) is 12.2 Å². The van der Waals surface area contributed by atoms with Gasteiger partial charge < -0.3 is 10.1 Å². The van der Waals surface area contributed by atoms with E-state index in [1.807, 2.05) is 36.9 Å². The predicted molar refractivity (Wildman–Crippen MR) is 73.9 cm³/mol. The van der Waals surface area contributed by atoms with E-state index in [4.69, 9.17) is 4.74 Å². The maximum absolute atomic E-state index is 11.5. The van der Waals surface area contributed by atoms with Gasteiger partial charge in [-0.25, -0.2) is 4.79 Å². The van der Waals surface area contributed by atoms with Gasteiger partial charge in [-0.15, -0.1) is 0 Å². The maximum Gasteiger partial charge on any atom is 0.338 e. The van der Waals surface area contributed by atoms with Crippen molar-refractivity contribution in [2.75, 3.05) is 30.5 Å². The number of benzene rings is 1. The normalized spacial score (nSPS) is 10.0. The van der Waals surface area contributed by atoms with E-state index in [1.165, 1.54) is 0 Å². The molecule has 0 unspecified atom stereocenters. The first-order valence-electron chi connectivity index (χ1n) is 5.78. The first-order chi connectivity index (χ1) is 8.27. The molecule has 3 nitrogen and oxygen atoms in total. The molecule has 94 valence electrons. The lowest BCUT2D eigenvalue weighted by Gasteiger charge is -2.07. The van der Waals surface area contributed by atoms with Gasteiger partial charge in [-0.3, -0.25) is 0 Å². The van der Waals surface area contributed by atoms with Gasteiger partial charge in [-0.05, 0) is 43.6 Å². The zero-order valence-electron chi connectivity index (χ0n) is 10.4. The number of hydrogen-bond donors (Lipinski definition) is 1. The van der Waals surface area contributed by atoms with Crippen molar-refractivity contribution >= 4 is 23.4 Å². The summed E-state index contributed by atoms with van der Waals surface area (Å²) in [6, 6.07) is 7.42. The molecular weight excluding hydrogens is 234 g/mol. The summed E-state index contributed by atoms with van der Waals surface area (Å²) in [4.78, 5) is 11.5. The van der Waals surface area contributed by atoms with Crippen LogP contribution >= 0.6 is 11.8 Å². The van der Waals surface area contributed by atoms with E-state index < -0.39 is 0 Å². The van der Waals surface area contributed by atoms with Crippen LogP contribution < -0.4 is 5.32 Å². The van der Waals surface area contributed by atoms with Crippen molar-refractivity contribution in [3.8, 4) is 0 Å². The van der Waals surface area contributed by atoms with Gasteiger partial charge in [0.2, 0.25) is 0 Å². The van der Waals surface area contributed by atoms with Crippen LogP contribution in [0.15, 0.2) is 24.3 Å². The van der Waals surface area contributed by atoms with Gasteiger partial charge in [-0.1, -0.05) is 6.07 Å². The van der Waals surface area contributed by atoms with Gasteiger partial charge >= 0.3 is 5.97 Å². The number of rotatable bonds is 7. The maximum atomic E-state index is 11.5. The number of ether oxygens (including phenoxy) is 1. The molecular formula is C13H19NO2S. The summed E-state index contributed by atoms with van der Waals surface area (Å²) >= 11 is 1.84. The highest BCUT2D eigenvalue weighted by Gasteiger charge is 2.06. The summed E-state index contributed by atoms with van der Waals surface area (Å²) in [5, 5.41) is 3.30. The van der Waals surface area contributed by atoms with Crippen LogP contribution in [0.5, 0.6) is 0 Å². The fraction of sp³-hybridized carbons (Fsp3) is 0.462. The Labute approximate surface area is 107 Å². The molecule has 1 rings (SSSR count). The monoisotopic (exact) mass is 253 g/mol. The first-order valence-corrected chi connectivity index (χ1v) is 7.17. The van der Waals surface area contributed by atoms with E-state index in [1.54, 1.807) is 6.07 Å². The minimum absolute atomic E-state index is 0.264. The Morgan fingerprint density at radius 3 is 3.00 bits per heavy atom. The van der Waals surface area contributed by atoms with E-state index in [-0.39, 0.29) is 5.97 Å². The molecule has 0 amide bonds. The Morgan fingerprint density at radius 1 is 1.47 bits per heavy atom. The number of anilines is 1. The van der Waals surface area contributed by atoms with Crippen molar-refractivity contribution in [3.63, 3.8) is 0 Å². The molecule has 0 saturated carbocycles. The molecule has 1 aromatic carbocycles. The standard InChI is InChI=1S/C13H19NO2S/c1-3-16-13(15)11-6-4-7-12(10-11)14-8-5-9-17-2/h4,6-7,10,14H,3,5,8-9H2,1-2H3. The average Bonchev–Trinajstić information content (AvgIpc) is 2.35. The molecule has 0 aliphatic carbocycles. The van der Waals surface area contributed by atoms with Gasteiger partial charge in [-0.2, -0.15) is 11.8 Å². The molecule has 0 aliphatic heterocycles. The third-order valence-electron chi connectivity index (χ3n) is 2.23. The highest BCUT2D eigenvalue weighted by Crippen LogP contribution is 2.12. The zero-order valence-corrected chi connectivity index (χ0v) is 11.2. The van der Waals surface area contributed by atoms with Crippen molar-refractivity contribution in [3.05, 3.63) is 29.8 Å². The Hall–Kier alpha value is -1.16. The zero-order chi connectivity index (χ0) is 12.5. The van der Waals surface area contributed by atoms with Gasteiger partial charge in [0.1, 0.15) is 0 Å². The topological polar surface area (TPSA) is 38.3 Å². The minimum Gasteiger partial charge on any atom is -0.462 e. The lowest BCUT2D eigenvalue weighted by atomic mass is 10.2. The van der Waals surface area contributed by atoms with Crippen LogP contribution in [0.3, 0.4) is 0 Å². The summed E-state index contributed by atoms with van der Waals surface area (Å²) in [6.45, 7) is 3.14. The van der Waals surface area contributed by atoms with E-state index in [0.717, 1.165) is 24.4 Å². The van der Waals surface area contributed by atoms with Crippen molar-refractivity contribution in [1.29, 1.82) is 0 Å². The van der Waals surface area contributed by atoms with Crippen molar-refractivity contribution in [2.24, 2.45) is 0 Å². The minimum atomic E-state index is -0.264. The van der Waals surface area contributed by atoms with E-state index >= 15 is 0 Å². The quantitative estimate of drug-likeness (QED) is 0.599. The van der Waals surface area contributed by atoms with Crippen molar-refractivity contribution in [2.45, 2.75) is 13.3 Å². The van der Waals surface area contributed by atoms with Crippen LogP contribution in [0.4, 0.5) is 5.69 Å². The molecule has 0 aromatic heterocycles. The molecule has 0 radical (unpaired) electrons. The Bertz CT molecular complexity index is 355. The summed E-state index contributed by atoms with van der Waals surface area (Å²) in [6.07, 6.45) is 3.21. The van der Waals surface area contributed by atoms with Gasteiger partial charge in [0.15, 0.2) is 0 Å². The summed E-state index contributed by atoms with van der Waals surface area (Å²) in [5.41, 5.74) is 1.57. The molecule has 0 saturated heterocycles. The number of esters is 1. The highest BCUT2D eigenvalue weighted by atomic mass is 32.2. The molecule has 0 spiro atoms. The Balaban J connectivity index is 2.50. The van der Waals surface area contributed by atoms with E-state index in [9.17, 15) is 4.79 Å². The van der Waals surface area contributed by atoms with Crippen LogP contribution in [-0.2, 0) is 4.74 Å². The van der Waals surface area contributed by atoms with Crippen molar-refractivity contribution < 1.29 is 9.53 Å². The average molecular weight is 253 g/mol. The molecule has 1 N–H and O–H groups in total. The molecule has 1 aromatic rings. The SMILES string of the molecule is CCOC(=O)c1cccc(NCCCSC)c1. The second kappa shape index (κ2) is 8.01. The number of hydrogen-bond acceptors (Lipinski definition) is 4. The van der Waals surface area contributed by atoms with Gasteiger partial charge in [0.25, 0.3) is 0 Å². The lowest BCUT2D eigenvalue weighted by Crippen LogP contribution is -2.07. The summed E-state index contributed by atoms with van der Waals surface area (Å²) < 4.78 is 4.96. The summed E-state index contributed by atoms with van der Waals surface area (Å²) in [7, 11) is 0. The van der Waals surface area contributed by atoms with Crippen LogP contribution in [0.25, 0.3) is 0 Å². The highest BCUT2D eigenvalue weighted by molar-refractivity contribution is 7.98. The number of thioether (sulfide) groups is 1. The molecule has 0 aliphatic rings. The molecule has 0 fully saturated rings. The third-order valence-corrected chi connectivity index (χ3v) is 2.92. The molecule has 0 atom stereocenters. The molecule has 0 bridgehead atoms. The smallest absolute Gasteiger partial charge is 0.338 e. The fourth-order valence-corrected chi connectivity index (χ4v) is 1.85. The van der Waals surface area contributed by atoms with Crippen LogP contribution in [-0.4, -0.2) is 31.1 Å². The second-order valence-electron chi connectivity index (χ2n) is 3.57. The Kier molecular flexibility index (Phi) is 6.55. The van der Waals surface area contributed by atoms with E-state index in [0.29, 0.717) is 12.2 Å². The van der Waals surface area contributed by atoms with Gasteiger partial charge in [0.05, 0.1) is 12.2 Å². The van der Waals surface area contributed by atoms with Crippen LogP contribution in [0.2, 0.25) is 0 Å². The molecule has 0 heterocycles. The summed E-state index contributed by atoms with van der Waals surface area (Å²) in [5.74, 6) is 0.880. The van der Waals surface area contributed by atoms with E-state index in [2.05, 4.69) is 11.6 Å². The van der Waals surface area contributed by atoms with Crippen LogP contribution in [0, 0.1) is 0 Å². The first kappa shape index (κ1) is 13.9. The third kappa shape index (κ3) is 5.13. The second-order valence-corrected chi connectivity index (χ2v) is 4.56. The Morgan fingerprint density at radius 2 is 2.29 bits per heavy atom. The largest absolute Gasteiger partial charge is 0.462 e.